The van der Waals surface area contributed by atoms with Crippen molar-refractivity contribution in [3.63, 3.8) is 0 Å². The molecule has 0 amide bonds. The predicted octanol–water partition coefficient (Wildman–Crippen LogP) is 3.33. The van der Waals surface area contributed by atoms with Gasteiger partial charge in [0, 0.05) is 23.2 Å². The number of aromatic nitrogens is 1. The van der Waals surface area contributed by atoms with Crippen molar-refractivity contribution in [1.29, 1.82) is 0 Å². The molecule has 2 aromatic rings. The predicted molar refractivity (Wildman–Crippen MR) is 84.0 cm³/mol. The minimum atomic E-state index is -0.926. The molecule has 1 aromatic carbocycles. The number of carbonyl (C=O) groups is 1. The molecule has 0 aliphatic heterocycles. The van der Waals surface area contributed by atoms with E-state index < -0.39 is 5.97 Å². The molecule has 1 aromatic heterocycles. The number of aliphatic carboxylic acids is 1. The highest BCUT2D eigenvalue weighted by atomic mass is 16.4. The first-order valence-electron chi connectivity index (χ1n) is 7.21. The van der Waals surface area contributed by atoms with E-state index in [0.29, 0.717) is 11.1 Å². The Kier molecular flexibility index (Phi) is 4.16. The van der Waals surface area contributed by atoms with E-state index in [9.17, 15) is 9.59 Å². The normalized spacial score (nSPS) is 11.5. The first-order chi connectivity index (χ1) is 9.82. The molecule has 4 heteroatoms. The van der Waals surface area contributed by atoms with E-state index in [4.69, 9.17) is 5.11 Å². The van der Waals surface area contributed by atoms with E-state index in [-0.39, 0.29) is 23.8 Å². The first-order valence-corrected chi connectivity index (χ1v) is 7.21. The third-order valence-electron chi connectivity index (χ3n) is 3.65. The van der Waals surface area contributed by atoms with Crippen LogP contribution in [0.15, 0.2) is 29.1 Å². The standard InChI is InChI=1S/C17H21NO3/c1-10(2)13-6-5-7-14-15(19)8-12(9-16(20)21)18(11(3)4)17(13)14/h5-8,10-11H,9H2,1-4H3,(H,20,21). The topological polar surface area (TPSA) is 59.3 Å². The van der Waals surface area contributed by atoms with Gasteiger partial charge in [0.2, 0.25) is 0 Å². The fourth-order valence-electron chi connectivity index (χ4n) is 2.82. The number of benzene rings is 1. The van der Waals surface area contributed by atoms with Gasteiger partial charge in [-0.3, -0.25) is 9.59 Å². The van der Waals surface area contributed by atoms with Crippen LogP contribution >= 0.6 is 0 Å². The van der Waals surface area contributed by atoms with Gasteiger partial charge in [0.15, 0.2) is 5.43 Å². The van der Waals surface area contributed by atoms with Crippen LogP contribution in [0.4, 0.5) is 0 Å². The summed E-state index contributed by atoms with van der Waals surface area (Å²) in [6, 6.07) is 7.26. The Morgan fingerprint density at radius 2 is 1.90 bits per heavy atom. The van der Waals surface area contributed by atoms with Gasteiger partial charge in [0.25, 0.3) is 0 Å². The van der Waals surface area contributed by atoms with Crippen LogP contribution in [-0.2, 0) is 11.2 Å². The molecule has 0 radical (unpaired) electrons. The van der Waals surface area contributed by atoms with Gasteiger partial charge in [-0.05, 0) is 31.4 Å². The van der Waals surface area contributed by atoms with Crippen LogP contribution in [0.5, 0.6) is 0 Å². The summed E-state index contributed by atoms with van der Waals surface area (Å²) in [5.74, 6) is -0.664. The lowest BCUT2D eigenvalue weighted by Gasteiger charge is -2.23. The molecule has 0 bridgehead atoms. The maximum Gasteiger partial charge on any atom is 0.309 e. The molecule has 4 nitrogen and oxygen atoms in total. The van der Waals surface area contributed by atoms with Crippen LogP contribution in [0.2, 0.25) is 0 Å². The van der Waals surface area contributed by atoms with Gasteiger partial charge in [0.05, 0.1) is 11.9 Å². The van der Waals surface area contributed by atoms with Gasteiger partial charge >= 0.3 is 5.97 Å². The summed E-state index contributed by atoms with van der Waals surface area (Å²) in [6.45, 7) is 8.17. The van der Waals surface area contributed by atoms with Crippen LogP contribution in [0, 0.1) is 0 Å². The molecule has 0 atom stereocenters. The number of hydrogen-bond acceptors (Lipinski definition) is 2. The zero-order valence-electron chi connectivity index (χ0n) is 12.9. The molecule has 0 saturated heterocycles. The third-order valence-corrected chi connectivity index (χ3v) is 3.65. The van der Waals surface area contributed by atoms with Gasteiger partial charge in [-0.1, -0.05) is 26.0 Å². The number of pyridine rings is 1. The molecular weight excluding hydrogens is 266 g/mol. The Morgan fingerprint density at radius 3 is 2.43 bits per heavy atom. The molecule has 0 saturated carbocycles. The minimum absolute atomic E-state index is 0.0855. The summed E-state index contributed by atoms with van der Waals surface area (Å²) in [7, 11) is 0. The lowest BCUT2D eigenvalue weighted by molar-refractivity contribution is -0.136. The number of nitrogens with zero attached hydrogens (tertiary/aromatic N) is 1. The summed E-state index contributed by atoms with van der Waals surface area (Å²) in [5, 5.41) is 9.76. The lowest BCUT2D eigenvalue weighted by Crippen LogP contribution is -2.19. The summed E-state index contributed by atoms with van der Waals surface area (Å²) in [6.07, 6.45) is -0.143. The Morgan fingerprint density at radius 1 is 1.24 bits per heavy atom. The molecule has 1 N–H and O–H groups in total. The Hall–Kier alpha value is -2.10. The summed E-state index contributed by atoms with van der Waals surface area (Å²) >= 11 is 0. The van der Waals surface area contributed by atoms with Crippen LogP contribution in [-0.4, -0.2) is 15.6 Å². The quantitative estimate of drug-likeness (QED) is 0.938. The van der Waals surface area contributed by atoms with Crippen molar-refractivity contribution in [2.45, 2.75) is 46.1 Å². The van der Waals surface area contributed by atoms with Crippen molar-refractivity contribution in [2.75, 3.05) is 0 Å². The molecule has 0 aliphatic rings. The second-order valence-electron chi connectivity index (χ2n) is 5.93. The highest BCUT2D eigenvalue weighted by Gasteiger charge is 2.17. The number of fused-ring (bicyclic) bond motifs is 1. The summed E-state index contributed by atoms with van der Waals surface area (Å²) in [4.78, 5) is 23.4. The van der Waals surface area contributed by atoms with E-state index >= 15 is 0 Å². The average molecular weight is 287 g/mol. The van der Waals surface area contributed by atoms with Crippen LogP contribution in [0.1, 0.15) is 50.9 Å². The maximum absolute atomic E-state index is 12.3. The summed E-state index contributed by atoms with van der Waals surface area (Å²) in [5.41, 5.74) is 2.39. The molecule has 1 heterocycles. The number of hydrogen-bond donors (Lipinski definition) is 1. The van der Waals surface area contributed by atoms with Crippen molar-refractivity contribution in [3.8, 4) is 0 Å². The smallest absolute Gasteiger partial charge is 0.309 e. The number of carboxylic acid groups (broad SMARTS) is 1. The molecule has 0 fully saturated rings. The summed E-state index contributed by atoms with van der Waals surface area (Å²) < 4.78 is 1.99. The van der Waals surface area contributed by atoms with Gasteiger partial charge in [-0.25, -0.2) is 0 Å². The second kappa shape index (κ2) is 5.72. The second-order valence-corrected chi connectivity index (χ2v) is 5.93. The number of carboxylic acids is 1. The molecule has 112 valence electrons. The molecule has 0 unspecified atom stereocenters. The van der Waals surface area contributed by atoms with Crippen molar-refractivity contribution >= 4 is 16.9 Å². The van der Waals surface area contributed by atoms with E-state index in [1.54, 1.807) is 0 Å². The van der Waals surface area contributed by atoms with E-state index in [1.165, 1.54) is 6.07 Å². The number of para-hydroxylation sites is 1. The van der Waals surface area contributed by atoms with Crippen molar-refractivity contribution in [2.24, 2.45) is 0 Å². The number of rotatable bonds is 4. The lowest BCUT2D eigenvalue weighted by atomic mass is 9.98. The average Bonchev–Trinajstić information content (AvgIpc) is 2.36. The molecule has 0 aliphatic carbocycles. The SMILES string of the molecule is CC(C)c1cccc2c(=O)cc(CC(=O)O)n(C(C)C)c12. The Labute approximate surface area is 124 Å². The molecule has 21 heavy (non-hydrogen) atoms. The van der Waals surface area contributed by atoms with Crippen molar-refractivity contribution in [3.05, 3.63) is 45.7 Å². The highest BCUT2D eigenvalue weighted by molar-refractivity contribution is 5.84. The van der Waals surface area contributed by atoms with Gasteiger partial charge in [0.1, 0.15) is 0 Å². The molecule has 0 spiro atoms. The fourth-order valence-corrected chi connectivity index (χ4v) is 2.82. The molecular formula is C17H21NO3. The Bertz CT molecular complexity index is 742. The van der Waals surface area contributed by atoms with Gasteiger partial charge in [-0.15, -0.1) is 0 Å². The highest BCUT2D eigenvalue weighted by Crippen LogP contribution is 2.27. The van der Waals surface area contributed by atoms with Crippen LogP contribution in [0.3, 0.4) is 0 Å². The van der Waals surface area contributed by atoms with Crippen molar-refractivity contribution < 1.29 is 9.90 Å². The monoisotopic (exact) mass is 287 g/mol. The minimum Gasteiger partial charge on any atom is -0.481 e. The zero-order valence-corrected chi connectivity index (χ0v) is 12.9. The van der Waals surface area contributed by atoms with Gasteiger partial charge < -0.3 is 9.67 Å². The third kappa shape index (κ3) is 2.84. The fraction of sp³-hybridized carbons (Fsp3) is 0.412. The van der Waals surface area contributed by atoms with E-state index in [0.717, 1.165) is 11.1 Å². The van der Waals surface area contributed by atoms with E-state index in [1.807, 2.05) is 36.6 Å². The Balaban J connectivity index is 2.95. The first kappa shape index (κ1) is 15.3. The van der Waals surface area contributed by atoms with Crippen LogP contribution < -0.4 is 5.43 Å². The van der Waals surface area contributed by atoms with E-state index in [2.05, 4.69) is 13.8 Å². The zero-order chi connectivity index (χ0) is 15.7. The van der Waals surface area contributed by atoms with Gasteiger partial charge in [-0.2, -0.15) is 0 Å². The maximum atomic E-state index is 12.3. The van der Waals surface area contributed by atoms with Crippen molar-refractivity contribution in [1.82, 2.24) is 4.57 Å². The largest absolute Gasteiger partial charge is 0.481 e. The van der Waals surface area contributed by atoms with Crippen LogP contribution in [0.25, 0.3) is 10.9 Å². The molecule has 2 rings (SSSR count).